The maximum absolute atomic E-state index is 11.3. The third kappa shape index (κ3) is 5.74. The molecule has 0 heterocycles. The zero-order valence-corrected chi connectivity index (χ0v) is 14.7. The van der Waals surface area contributed by atoms with Crippen molar-refractivity contribution in [3.8, 4) is 0 Å². The fourth-order valence-electron chi connectivity index (χ4n) is 1.67. The summed E-state index contributed by atoms with van der Waals surface area (Å²) in [5, 5.41) is 3.18. The maximum atomic E-state index is 11.3. The summed E-state index contributed by atoms with van der Waals surface area (Å²) in [5.41, 5.74) is 6.57. The van der Waals surface area contributed by atoms with Crippen molar-refractivity contribution in [2.75, 3.05) is 18.1 Å². The van der Waals surface area contributed by atoms with Gasteiger partial charge in [0.25, 0.3) is 0 Å². The van der Waals surface area contributed by atoms with Gasteiger partial charge in [0.15, 0.2) is 0 Å². The van der Waals surface area contributed by atoms with E-state index >= 15 is 0 Å². The van der Waals surface area contributed by atoms with Crippen molar-refractivity contribution in [3.05, 3.63) is 28.2 Å². The molecule has 1 aromatic carbocycles. The highest BCUT2D eigenvalue weighted by atomic mass is 79.9. The number of anilines is 1. The molecule has 0 radical (unpaired) electrons. The van der Waals surface area contributed by atoms with Crippen molar-refractivity contribution in [2.45, 2.75) is 19.4 Å². The molecule has 0 fully saturated rings. The van der Waals surface area contributed by atoms with E-state index in [4.69, 9.17) is 18.0 Å². The van der Waals surface area contributed by atoms with Gasteiger partial charge in [-0.2, -0.15) is 0 Å². The smallest absolute Gasteiger partial charge is 0.209 e. The van der Waals surface area contributed by atoms with Crippen molar-refractivity contribution < 1.29 is 8.42 Å². The van der Waals surface area contributed by atoms with E-state index in [9.17, 15) is 8.42 Å². The van der Waals surface area contributed by atoms with Crippen LogP contribution in [0.25, 0.3) is 0 Å². The molecule has 20 heavy (non-hydrogen) atoms. The number of rotatable bonds is 6. The van der Waals surface area contributed by atoms with Gasteiger partial charge in [-0.25, -0.2) is 13.1 Å². The van der Waals surface area contributed by atoms with Crippen LogP contribution in [0.5, 0.6) is 0 Å². The lowest BCUT2D eigenvalue weighted by atomic mass is 10.1. The lowest BCUT2D eigenvalue weighted by molar-refractivity contribution is 0.476. The minimum absolute atomic E-state index is 0.330. The highest BCUT2D eigenvalue weighted by molar-refractivity contribution is 9.10. The zero-order valence-electron chi connectivity index (χ0n) is 11.5. The summed E-state index contributed by atoms with van der Waals surface area (Å²) in [6.45, 7) is 4.04. The Morgan fingerprint density at radius 2 is 2.05 bits per heavy atom. The van der Waals surface area contributed by atoms with Crippen LogP contribution in [0.3, 0.4) is 0 Å². The van der Waals surface area contributed by atoms with Gasteiger partial charge >= 0.3 is 0 Å². The average molecular weight is 380 g/mol. The number of hydrogen-bond acceptors (Lipinski definition) is 4. The minimum Gasteiger partial charge on any atom is -0.389 e. The monoisotopic (exact) mass is 379 g/mol. The van der Waals surface area contributed by atoms with Crippen LogP contribution in [-0.2, 0) is 10.0 Å². The summed E-state index contributed by atoms with van der Waals surface area (Å²) in [6.07, 6.45) is 1.14. The fraction of sp³-hybridized carbons (Fsp3) is 0.417. The number of sulfonamides is 1. The van der Waals surface area contributed by atoms with E-state index in [1.54, 1.807) is 13.8 Å². The van der Waals surface area contributed by atoms with Crippen molar-refractivity contribution in [1.82, 2.24) is 4.72 Å². The van der Waals surface area contributed by atoms with E-state index in [0.29, 0.717) is 11.5 Å². The molecule has 0 aromatic heterocycles. The Labute approximate surface area is 133 Å². The lowest BCUT2D eigenvalue weighted by Gasteiger charge is -2.26. The molecule has 0 bridgehead atoms. The molecule has 4 N–H and O–H groups in total. The van der Waals surface area contributed by atoms with E-state index in [-0.39, 0.29) is 0 Å². The SMILES string of the molecule is CC(C)(CNc1ccc(C(N)=S)cc1Br)NS(C)(=O)=O. The van der Waals surface area contributed by atoms with Crippen LogP contribution in [0.15, 0.2) is 22.7 Å². The zero-order chi connectivity index (χ0) is 15.6. The van der Waals surface area contributed by atoms with Crippen LogP contribution >= 0.6 is 28.1 Å². The predicted octanol–water partition coefficient (Wildman–Crippen LogP) is 1.82. The molecule has 0 spiro atoms. The first-order valence-electron chi connectivity index (χ1n) is 5.82. The maximum Gasteiger partial charge on any atom is 0.209 e. The minimum atomic E-state index is -3.25. The van der Waals surface area contributed by atoms with Crippen molar-refractivity contribution >= 4 is 48.8 Å². The Morgan fingerprint density at radius 1 is 1.45 bits per heavy atom. The number of hydrogen-bond donors (Lipinski definition) is 3. The van der Waals surface area contributed by atoms with Crippen molar-refractivity contribution in [1.29, 1.82) is 0 Å². The molecule has 0 unspecified atom stereocenters. The highest BCUT2D eigenvalue weighted by Crippen LogP contribution is 2.24. The van der Waals surface area contributed by atoms with E-state index in [2.05, 4.69) is 26.0 Å². The van der Waals surface area contributed by atoms with Gasteiger partial charge in [-0.05, 0) is 48.0 Å². The predicted molar refractivity (Wildman–Crippen MR) is 90.6 cm³/mol. The summed E-state index contributed by atoms with van der Waals surface area (Å²) in [4.78, 5) is 0.330. The van der Waals surface area contributed by atoms with E-state index in [0.717, 1.165) is 22.0 Å². The van der Waals surface area contributed by atoms with Gasteiger partial charge in [0.2, 0.25) is 10.0 Å². The molecular formula is C12H18BrN3O2S2. The molecule has 112 valence electrons. The quantitative estimate of drug-likeness (QED) is 0.656. The first-order chi connectivity index (χ1) is 9.00. The summed E-state index contributed by atoms with van der Waals surface area (Å²) >= 11 is 8.34. The van der Waals surface area contributed by atoms with E-state index in [1.165, 1.54) is 0 Å². The molecular weight excluding hydrogens is 362 g/mol. The molecule has 1 rings (SSSR count). The van der Waals surface area contributed by atoms with Gasteiger partial charge in [-0.1, -0.05) is 12.2 Å². The summed E-state index contributed by atoms with van der Waals surface area (Å²) in [6, 6.07) is 5.48. The second kappa shape index (κ2) is 6.38. The van der Waals surface area contributed by atoms with Crippen LogP contribution in [-0.4, -0.2) is 31.7 Å². The second-order valence-electron chi connectivity index (χ2n) is 5.17. The first kappa shape index (κ1) is 17.4. The normalized spacial score (nSPS) is 12.2. The average Bonchev–Trinajstić information content (AvgIpc) is 2.23. The number of nitrogens with one attached hydrogen (secondary N) is 2. The third-order valence-electron chi connectivity index (χ3n) is 2.44. The summed E-state index contributed by atoms with van der Waals surface area (Å²) in [5.74, 6) is 0. The Hall–Kier alpha value is -0.700. The number of halogens is 1. The first-order valence-corrected chi connectivity index (χ1v) is 8.92. The van der Waals surface area contributed by atoms with Gasteiger partial charge in [-0.15, -0.1) is 0 Å². The largest absolute Gasteiger partial charge is 0.389 e. The van der Waals surface area contributed by atoms with Crippen LogP contribution in [0.4, 0.5) is 5.69 Å². The molecule has 1 aromatic rings. The lowest BCUT2D eigenvalue weighted by Crippen LogP contribution is -2.47. The molecule has 0 aliphatic carbocycles. The number of thiocarbonyl (C=S) groups is 1. The molecule has 5 nitrogen and oxygen atoms in total. The molecule has 0 saturated carbocycles. The molecule has 0 aliphatic rings. The fourth-order valence-corrected chi connectivity index (χ4v) is 3.39. The summed E-state index contributed by atoms with van der Waals surface area (Å²) in [7, 11) is -3.25. The Kier molecular flexibility index (Phi) is 5.54. The van der Waals surface area contributed by atoms with Crippen molar-refractivity contribution in [2.24, 2.45) is 5.73 Å². The molecule has 8 heteroatoms. The van der Waals surface area contributed by atoms with Crippen LogP contribution in [0.1, 0.15) is 19.4 Å². The third-order valence-corrected chi connectivity index (χ3v) is 4.25. The standard InChI is InChI=1S/C12H18BrN3O2S2/c1-12(2,16-20(3,17)18)7-15-10-5-4-8(11(14)19)6-9(10)13/h4-6,15-16H,7H2,1-3H3,(H2,14,19). The van der Waals surface area contributed by atoms with Crippen LogP contribution < -0.4 is 15.8 Å². The Balaban J connectivity index is 2.78. The van der Waals surface area contributed by atoms with Gasteiger partial charge in [0.1, 0.15) is 4.99 Å². The highest BCUT2D eigenvalue weighted by Gasteiger charge is 2.22. The summed E-state index contributed by atoms with van der Waals surface area (Å²) < 4.78 is 25.9. The van der Waals surface area contributed by atoms with E-state index < -0.39 is 15.6 Å². The Morgan fingerprint density at radius 3 is 2.50 bits per heavy atom. The van der Waals surface area contributed by atoms with Gasteiger partial charge in [0, 0.05) is 27.8 Å². The number of nitrogens with two attached hydrogens (primary N) is 1. The molecule has 0 atom stereocenters. The van der Waals surface area contributed by atoms with Gasteiger partial charge in [0.05, 0.1) is 6.26 Å². The van der Waals surface area contributed by atoms with Gasteiger partial charge in [-0.3, -0.25) is 0 Å². The topological polar surface area (TPSA) is 84.2 Å². The van der Waals surface area contributed by atoms with Gasteiger partial charge < -0.3 is 11.1 Å². The molecule has 0 aliphatic heterocycles. The van der Waals surface area contributed by atoms with Crippen molar-refractivity contribution in [3.63, 3.8) is 0 Å². The van der Waals surface area contributed by atoms with Crippen LogP contribution in [0.2, 0.25) is 0 Å². The number of benzene rings is 1. The Bertz CT molecular complexity index is 615. The van der Waals surface area contributed by atoms with Crippen LogP contribution in [0, 0.1) is 0 Å². The second-order valence-corrected chi connectivity index (χ2v) is 8.21. The molecule has 0 saturated heterocycles. The van der Waals surface area contributed by atoms with E-state index in [1.807, 2.05) is 18.2 Å². The molecule has 0 amide bonds.